The third-order valence-electron chi connectivity index (χ3n) is 2.33. The molecule has 5 nitrogen and oxygen atoms in total. The van der Waals surface area contributed by atoms with Gasteiger partial charge in [0, 0.05) is 0 Å². The topological polar surface area (TPSA) is 75.6 Å². The molecule has 0 amide bonds. The summed E-state index contributed by atoms with van der Waals surface area (Å²) in [5, 5.41) is 12.4. The first kappa shape index (κ1) is 18.3. The fourth-order valence-electron chi connectivity index (χ4n) is 1.50. The molecule has 0 atom stereocenters. The Morgan fingerprint density at radius 3 is 2.41 bits per heavy atom. The molecule has 2 N–H and O–H groups in total. The fourth-order valence-corrected chi connectivity index (χ4v) is 1.81. The van der Waals surface area contributed by atoms with Crippen LogP contribution in [0.3, 0.4) is 0 Å². The van der Waals surface area contributed by atoms with Crippen LogP contribution in [0.25, 0.3) is 6.08 Å². The lowest BCUT2D eigenvalue weighted by atomic mass is 10.2. The van der Waals surface area contributed by atoms with Crippen molar-refractivity contribution in [2.45, 2.75) is 26.4 Å². The van der Waals surface area contributed by atoms with Crippen molar-refractivity contribution >= 4 is 41.2 Å². The Labute approximate surface area is 138 Å². The lowest BCUT2D eigenvalue weighted by Gasteiger charge is -2.19. The summed E-state index contributed by atoms with van der Waals surface area (Å²) in [6.07, 6.45) is 1.36. The van der Waals surface area contributed by atoms with Gasteiger partial charge in [0.05, 0.1) is 10.0 Å². The maximum atomic E-state index is 11.6. The lowest BCUT2D eigenvalue weighted by molar-refractivity contribution is -0.153. The summed E-state index contributed by atoms with van der Waals surface area (Å²) in [6, 6.07) is 4.71. The molecule has 120 valence electrons. The number of halogens is 2. The number of carboxylic acids is 1. The average molecular weight is 346 g/mol. The van der Waals surface area contributed by atoms with Crippen LogP contribution in [0, 0.1) is 0 Å². The van der Waals surface area contributed by atoms with Gasteiger partial charge in [0.2, 0.25) is 0 Å². The highest BCUT2D eigenvalue weighted by Gasteiger charge is 2.17. The molecule has 1 aromatic rings. The van der Waals surface area contributed by atoms with Crippen LogP contribution < -0.4 is 5.32 Å². The highest BCUT2D eigenvalue weighted by atomic mass is 35.5. The number of hydrogen-bond donors (Lipinski definition) is 2. The molecule has 1 rings (SSSR count). The van der Waals surface area contributed by atoms with Crippen LogP contribution in [-0.2, 0) is 14.3 Å². The second-order valence-electron chi connectivity index (χ2n) is 5.48. The normalized spacial score (nSPS) is 12.0. The van der Waals surface area contributed by atoms with E-state index in [0.29, 0.717) is 15.6 Å². The second kappa shape index (κ2) is 7.51. The Kier molecular flexibility index (Phi) is 6.26. The summed E-state index contributed by atoms with van der Waals surface area (Å²) in [5.74, 6) is -1.75. The summed E-state index contributed by atoms with van der Waals surface area (Å²) in [4.78, 5) is 22.8. The monoisotopic (exact) mass is 345 g/mol. The first-order valence-electron chi connectivity index (χ1n) is 6.44. The standard InChI is InChI=1S/C15H17Cl2NO4/c1-15(2,3)22-13(19)8-18-12(14(20)21)7-9-4-5-10(16)11(17)6-9/h4-7,18H,8H2,1-3H3,(H,20,21). The molecule has 0 saturated carbocycles. The van der Waals surface area contributed by atoms with Gasteiger partial charge < -0.3 is 15.2 Å². The zero-order chi connectivity index (χ0) is 16.9. The Morgan fingerprint density at radius 1 is 1.27 bits per heavy atom. The highest BCUT2D eigenvalue weighted by Crippen LogP contribution is 2.23. The summed E-state index contributed by atoms with van der Waals surface area (Å²) in [7, 11) is 0. The first-order valence-corrected chi connectivity index (χ1v) is 7.20. The van der Waals surface area contributed by atoms with Crippen LogP contribution in [0.1, 0.15) is 26.3 Å². The second-order valence-corrected chi connectivity index (χ2v) is 6.29. The first-order chi connectivity index (χ1) is 10.1. The summed E-state index contributed by atoms with van der Waals surface area (Å²) in [5.41, 5.74) is -0.233. The number of nitrogens with one attached hydrogen (secondary N) is 1. The predicted molar refractivity (Wildman–Crippen MR) is 85.9 cm³/mol. The molecular weight excluding hydrogens is 329 g/mol. The largest absolute Gasteiger partial charge is 0.477 e. The maximum Gasteiger partial charge on any atom is 0.351 e. The fraction of sp³-hybridized carbons (Fsp3) is 0.333. The predicted octanol–water partition coefficient (Wildman–Crippen LogP) is 3.35. The van der Waals surface area contributed by atoms with Gasteiger partial charge in [-0.25, -0.2) is 4.79 Å². The molecule has 7 heteroatoms. The van der Waals surface area contributed by atoms with Crippen LogP contribution in [0.5, 0.6) is 0 Å². The molecule has 0 heterocycles. The van der Waals surface area contributed by atoms with Crippen molar-refractivity contribution < 1.29 is 19.4 Å². The molecule has 0 aromatic heterocycles. The van der Waals surface area contributed by atoms with E-state index in [-0.39, 0.29) is 12.2 Å². The van der Waals surface area contributed by atoms with E-state index in [1.807, 2.05) is 0 Å². The minimum absolute atomic E-state index is 0.149. The third kappa shape index (κ3) is 6.37. The average Bonchev–Trinajstić information content (AvgIpc) is 2.36. The van der Waals surface area contributed by atoms with Crippen molar-refractivity contribution in [3.8, 4) is 0 Å². The number of rotatable bonds is 5. The quantitative estimate of drug-likeness (QED) is 0.632. The van der Waals surface area contributed by atoms with Crippen molar-refractivity contribution in [1.82, 2.24) is 5.32 Å². The molecule has 0 aliphatic rings. The molecule has 0 bridgehead atoms. The van der Waals surface area contributed by atoms with E-state index in [1.54, 1.807) is 32.9 Å². The van der Waals surface area contributed by atoms with Gasteiger partial charge in [0.1, 0.15) is 17.8 Å². The van der Waals surface area contributed by atoms with Crippen molar-refractivity contribution in [3.63, 3.8) is 0 Å². The number of ether oxygens (including phenoxy) is 1. The van der Waals surface area contributed by atoms with Gasteiger partial charge in [-0.2, -0.15) is 0 Å². The molecule has 0 radical (unpaired) electrons. The summed E-state index contributed by atoms with van der Waals surface area (Å²) >= 11 is 11.7. The van der Waals surface area contributed by atoms with E-state index in [0.717, 1.165) is 0 Å². The van der Waals surface area contributed by atoms with Crippen LogP contribution in [0.15, 0.2) is 23.9 Å². The molecule has 0 fully saturated rings. The third-order valence-corrected chi connectivity index (χ3v) is 3.07. The minimum atomic E-state index is -1.20. The number of carbonyl (C=O) groups excluding carboxylic acids is 1. The Hall–Kier alpha value is -1.72. The van der Waals surface area contributed by atoms with Crippen molar-refractivity contribution in [2.75, 3.05) is 6.54 Å². The van der Waals surface area contributed by atoms with Gasteiger partial charge >= 0.3 is 11.9 Å². The van der Waals surface area contributed by atoms with Crippen LogP contribution >= 0.6 is 23.2 Å². The summed E-state index contributed by atoms with van der Waals surface area (Å²) < 4.78 is 5.09. The maximum absolute atomic E-state index is 11.6. The highest BCUT2D eigenvalue weighted by molar-refractivity contribution is 6.42. The van der Waals surface area contributed by atoms with Crippen LogP contribution in [0.4, 0.5) is 0 Å². The van der Waals surface area contributed by atoms with Crippen molar-refractivity contribution in [2.24, 2.45) is 0 Å². The molecule has 0 aliphatic carbocycles. The Morgan fingerprint density at radius 2 is 1.91 bits per heavy atom. The molecule has 0 saturated heterocycles. The Balaban J connectivity index is 2.81. The molecular formula is C15H17Cl2NO4. The molecule has 1 aromatic carbocycles. The van der Waals surface area contributed by atoms with E-state index in [1.165, 1.54) is 12.1 Å². The number of hydrogen-bond acceptors (Lipinski definition) is 4. The van der Waals surface area contributed by atoms with Gasteiger partial charge in [0.15, 0.2) is 0 Å². The lowest BCUT2D eigenvalue weighted by Crippen LogP contribution is -2.32. The molecule has 0 spiro atoms. The van der Waals surface area contributed by atoms with E-state index in [4.69, 9.17) is 33.0 Å². The zero-order valence-electron chi connectivity index (χ0n) is 12.4. The number of carboxylic acid groups (broad SMARTS) is 1. The van der Waals surface area contributed by atoms with Gasteiger partial charge in [-0.3, -0.25) is 4.79 Å². The number of aliphatic carboxylic acids is 1. The van der Waals surface area contributed by atoms with Gasteiger partial charge in [-0.05, 0) is 44.5 Å². The van der Waals surface area contributed by atoms with Gasteiger partial charge in [-0.1, -0.05) is 29.3 Å². The van der Waals surface area contributed by atoms with Crippen molar-refractivity contribution in [1.29, 1.82) is 0 Å². The molecule has 0 unspecified atom stereocenters. The van der Waals surface area contributed by atoms with E-state index >= 15 is 0 Å². The van der Waals surface area contributed by atoms with E-state index in [2.05, 4.69) is 5.32 Å². The summed E-state index contributed by atoms with van der Waals surface area (Å²) in [6.45, 7) is 4.94. The van der Waals surface area contributed by atoms with Gasteiger partial charge in [-0.15, -0.1) is 0 Å². The Bertz CT molecular complexity index is 606. The minimum Gasteiger partial charge on any atom is -0.477 e. The zero-order valence-corrected chi connectivity index (χ0v) is 14.0. The number of benzene rings is 1. The number of carbonyl (C=O) groups is 2. The van der Waals surface area contributed by atoms with Crippen LogP contribution in [-0.4, -0.2) is 29.2 Å². The van der Waals surface area contributed by atoms with E-state index < -0.39 is 17.5 Å². The SMILES string of the molecule is CC(C)(C)OC(=O)CNC(=Cc1ccc(Cl)c(Cl)c1)C(=O)O. The van der Waals surface area contributed by atoms with Gasteiger partial charge in [0.25, 0.3) is 0 Å². The molecule has 0 aliphatic heterocycles. The smallest absolute Gasteiger partial charge is 0.351 e. The molecule has 22 heavy (non-hydrogen) atoms. The number of esters is 1. The van der Waals surface area contributed by atoms with E-state index in [9.17, 15) is 9.59 Å². The van der Waals surface area contributed by atoms with Crippen LogP contribution in [0.2, 0.25) is 10.0 Å². The van der Waals surface area contributed by atoms with Crippen molar-refractivity contribution in [3.05, 3.63) is 39.5 Å².